The molecule has 4 heteroatoms. The Hall–Kier alpha value is -1.16. The summed E-state index contributed by atoms with van der Waals surface area (Å²) in [6.07, 6.45) is 7.10. The summed E-state index contributed by atoms with van der Waals surface area (Å²) in [5.74, 6) is 1.51. The van der Waals surface area contributed by atoms with E-state index >= 15 is 0 Å². The molecule has 1 aromatic heterocycles. The van der Waals surface area contributed by atoms with Gasteiger partial charge in [-0.1, -0.05) is 26.7 Å². The Morgan fingerprint density at radius 3 is 2.58 bits per heavy atom. The SMILES string of the molecule is Cc1nc(N(CC(C)C)C2CCCC2)ncc1CN. The third-order valence-electron chi connectivity index (χ3n) is 3.87. The molecule has 1 heterocycles. The fourth-order valence-corrected chi connectivity index (χ4v) is 2.82. The zero-order valence-electron chi connectivity index (χ0n) is 12.4. The average molecular weight is 262 g/mol. The molecule has 2 rings (SSSR count). The van der Waals surface area contributed by atoms with Gasteiger partial charge in [0, 0.05) is 36.6 Å². The Kier molecular flexibility index (Phi) is 4.75. The third-order valence-corrected chi connectivity index (χ3v) is 3.87. The lowest BCUT2D eigenvalue weighted by molar-refractivity contribution is 0.525. The highest BCUT2D eigenvalue weighted by molar-refractivity contribution is 5.35. The van der Waals surface area contributed by atoms with Crippen LogP contribution in [0.4, 0.5) is 5.95 Å². The van der Waals surface area contributed by atoms with Crippen LogP contribution in [0.15, 0.2) is 6.20 Å². The van der Waals surface area contributed by atoms with Crippen LogP contribution in [0.2, 0.25) is 0 Å². The largest absolute Gasteiger partial charge is 0.338 e. The average Bonchev–Trinajstić information content (AvgIpc) is 2.89. The minimum Gasteiger partial charge on any atom is -0.338 e. The molecule has 0 aromatic carbocycles. The zero-order chi connectivity index (χ0) is 13.8. The van der Waals surface area contributed by atoms with E-state index in [0.29, 0.717) is 18.5 Å². The molecule has 0 aliphatic heterocycles. The Labute approximate surface area is 116 Å². The second-order valence-electron chi connectivity index (χ2n) is 5.97. The first-order chi connectivity index (χ1) is 9.11. The lowest BCUT2D eigenvalue weighted by Gasteiger charge is -2.31. The fourth-order valence-electron chi connectivity index (χ4n) is 2.82. The van der Waals surface area contributed by atoms with Crippen molar-refractivity contribution in [1.82, 2.24) is 9.97 Å². The molecule has 106 valence electrons. The van der Waals surface area contributed by atoms with E-state index in [0.717, 1.165) is 23.8 Å². The van der Waals surface area contributed by atoms with Gasteiger partial charge in [0.2, 0.25) is 5.95 Å². The number of nitrogens with zero attached hydrogens (tertiary/aromatic N) is 3. The van der Waals surface area contributed by atoms with Crippen LogP contribution < -0.4 is 10.6 Å². The quantitative estimate of drug-likeness (QED) is 0.886. The van der Waals surface area contributed by atoms with Gasteiger partial charge in [-0.05, 0) is 25.7 Å². The topological polar surface area (TPSA) is 55.0 Å². The molecule has 4 nitrogen and oxygen atoms in total. The van der Waals surface area contributed by atoms with Crippen molar-refractivity contribution >= 4 is 5.95 Å². The minimum atomic E-state index is 0.514. The van der Waals surface area contributed by atoms with Crippen molar-refractivity contribution < 1.29 is 0 Å². The molecule has 1 aromatic rings. The highest BCUT2D eigenvalue weighted by Crippen LogP contribution is 2.27. The molecule has 0 bridgehead atoms. The number of aryl methyl sites for hydroxylation is 1. The van der Waals surface area contributed by atoms with Gasteiger partial charge in [-0.2, -0.15) is 0 Å². The highest BCUT2D eigenvalue weighted by atomic mass is 15.3. The van der Waals surface area contributed by atoms with E-state index < -0.39 is 0 Å². The Morgan fingerprint density at radius 1 is 1.37 bits per heavy atom. The number of hydrogen-bond donors (Lipinski definition) is 1. The predicted molar refractivity (Wildman–Crippen MR) is 79.1 cm³/mol. The van der Waals surface area contributed by atoms with Crippen LogP contribution in [0.5, 0.6) is 0 Å². The molecule has 0 unspecified atom stereocenters. The van der Waals surface area contributed by atoms with Crippen LogP contribution in [-0.4, -0.2) is 22.6 Å². The highest BCUT2D eigenvalue weighted by Gasteiger charge is 2.25. The fraction of sp³-hybridized carbons (Fsp3) is 0.733. The Balaban J connectivity index is 2.23. The molecule has 0 atom stereocenters. The summed E-state index contributed by atoms with van der Waals surface area (Å²) in [6.45, 7) is 8.08. The van der Waals surface area contributed by atoms with Crippen LogP contribution in [0, 0.1) is 12.8 Å². The van der Waals surface area contributed by atoms with Gasteiger partial charge in [0.1, 0.15) is 0 Å². The van der Waals surface area contributed by atoms with Gasteiger partial charge < -0.3 is 10.6 Å². The molecule has 0 radical (unpaired) electrons. The molecule has 2 N–H and O–H groups in total. The maximum absolute atomic E-state index is 5.69. The lowest BCUT2D eigenvalue weighted by atomic mass is 10.1. The molecular weight excluding hydrogens is 236 g/mol. The molecular formula is C15H26N4. The summed E-state index contributed by atoms with van der Waals surface area (Å²) in [5.41, 5.74) is 7.74. The minimum absolute atomic E-state index is 0.514. The maximum Gasteiger partial charge on any atom is 0.225 e. The van der Waals surface area contributed by atoms with E-state index in [2.05, 4.69) is 28.7 Å². The van der Waals surface area contributed by atoms with Crippen molar-refractivity contribution in [1.29, 1.82) is 0 Å². The number of hydrogen-bond acceptors (Lipinski definition) is 4. The molecule has 1 aliphatic carbocycles. The van der Waals surface area contributed by atoms with Crippen LogP contribution in [-0.2, 0) is 6.54 Å². The standard InChI is InChI=1S/C15H26N4/c1-11(2)10-19(14-6-4-5-7-14)15-17-9-13(8-16)12(3)18-15/h9,11,14H,4-8,10,16H2,1-3H3. The first-order valence-corrected chi connectivity index (χ1v) is 7.41. The van der Waals surface area contributed by atoms with E-state index in [1.807, 2.05) is 13.1 Å². The van der Waals surface area contributed by atoms with E-state index in [4.69, 9.17) is 5.73 Å². The second-order valence-corrected chi connectivity index (χ2v) is 5.97. The molecule has 19 heavy (non-hydrogen) atoms. The molecule has 0 spiro atoms. The summed E-state index contributed by atoms with van der Waals surface area (Å²) in [7, 11) is 0. The maximum atomic E-state index is 5.69. The van der Waals surface area contributed by atoms with Gasteiger partial charge in [-0.25, -0.2) is 9.97 Å². The zero-order valence-corrected chi connectivity index (χ0v) is 12.4. The number of aromatic nitrogens is 2. The Morgan fingerprint density at radius 2 is 2.05 bits per heavy atom. The summed E-state index contributed by atoms with van der Waals surface area (Å²) < 4.78 is 0. The van der Waals surface area contributed by atoms with Gasteiger partial charge in [0.25, 0.3) is 0 Å². The molecule has 0 amide bonds. The van der Waals surface area contributed by atoms with Crippen LogP contribution >= 0.6 is 0 Å². The van der Waals surface area contributed by atoms with E-state index in [-0.39, 0.29) is 0 Å². The molecule has 1 aliphatic rings. The summed E-state index contributed by atoms with van der Waals surface area (Å²) in [4.78, 5) is 11.6. The number of nitrogens with two attached hydrogens (primary N) is 1. The molecule has 1 fully saturated rings. The summed E-state index contributed by atoms with van der Waals surface area (Å²) in [5, 5.41) is 0. The van der Waals surface area contributed by atoms with E-state index in [1.54, 1.807) is 0 Å². The first-order valence-electron chi connectivity index (χ1n) is 7.41. The predicted octanol–water partition coefficient (Wildman–Crippen LogP) is 2.65. The molecule has 1 saturated carbocycles. The van der Waals surface area contributed by atoms with Crippen molar-refractivity contribution in [3.63, 3.8) is 0 Å². The van der Waals surface area contributed by atoms with Crippen molar-refractivity contribution in [3.8, 4) is 0 Å². The monoisotopic (exact) mass is 262 g/mol. The van der Waals surface area contributed by atoms with Gasteiger partial charge in [-0.15, -0.1) is 0 Å². The van der Waals surface area contributed by atoms with Crippen molar-refractivity contribution in [2.45, 2.75) is 59.0 Å². The normalized spacial score (nSPS) is 16.3. The van der Waals surface area contributed by atoms with Crippen LogP contribution in [0.25, 0.3) is 0 Å². The second kappa shape index (κ2) is 6.33. The summed E-state index contributed by atoms with van der Waals surface area (Å²) >= 11 is 0. The number of rotatable bonds is 5. The first kappa shape index (κ1) is 14.3. The van der Waals surface area contributed by atoms with Gasteiger partial charge >= 0.3 is 0 Å². The lowest BCUT2D eigenvalue weighted by Crippen LogP contribution is -2.37. The number of anilines is 1. The van der Waals surface area contributed by atoms with Gasteiger partial charge in [-0.3, -0.25) is 0 Å². The van der Waals surface area contributed by atoms with Crippen molar-refractivity contribution in [2.75, 3.05) is 11.4 Å². The summed E-state index contributed by atoms with van der Waals surface area (Å²) in [6, 6.07) is 0.616. The third kappa shape index (κ3) is 3.44. The van der Waals surface area contributed by atoms with Gasteiger partial charge in [0.05, 0.1) is 0 Å². The smallest absolute Gasteiger partial charge is 0.225 e. The van der Waals surface area contributed by atoms with Crippen LogP contribution in [0.1, 0.15) is 50.8 Å². The van der Waals surface area contributed by atoms with Crippen molar-refractivity contribution in [2.24, 2.45) is 11.7 Å². The van der Waals surface area contributed by atoms with Gasteiger partial charge in [0.15, 0.2) is 0 Å². The van der Waals surface area contributed by atoms with E-state index in [9.17, 15) is 0 Å². The Bertz CT molecular complexity index is 411. The van der Waals surface area contributed by atoms with Crippen LogP contribution in [0.3, 0.4) is 0 Å². The van der Waals surface area contributed by atoms with Crippen molar-refractivity contribution in [3.05, 3.63) is 17.5 Å². The van der Waals surface area contributed by atoms with E-state index in [1.165, 1.54) is 25.7 Å². The molecule has 0 saturated heterocycles.